The van der Waals surface area contributed by atoms with Crippen molar-refractivity contribution in [3.05, 3.63) is 111 Å². The minimum atomic E-state index is -4.53. The molecule has 2 heterocycles. The van der Waals surface area contributed by atoms with Crippen molar-refractivity contribution in [2.45, 2.75) is 38.1 Å². The lowest BCUT2D eigenvalue weighted by Gasteiger charge is -2.20. The molecule has 13 heteroatoms. The molecule has 0 amide bonds. The average molecular weight is 616 g/mol. The zero-order chi connectivity index (χ0) is 31.8. The maximum Gasteiger partial charge on any atom is 0.416 e. The van der Waals surface area contributed by atoms with E-state index in [1.54, 1.807) is 26.0 Å². The highest BCUT2D eigenvalue weighted by Crippen LogP contribution is 2.33. The molecule has 2 aromatic heterocycles. The van der Waals surface area contributed by atoms with Crippen LogP contribution >= 0.6 is 0 Å². The number of alkyl halides is 3. The molecule has 0 aliphatic heterocycles. The highest BCUT2D eigenvalue weighted by molar-refractivity contribution is 5.84. The van der Waals surface area contributed by atoms with E-state index in [-0.39, 0.29) is 40.5 Å². The Hall–Kier alpha value is -4.62. The summed E-state index contributed by atoms with van der Waals surface area (Å²) >= 11 is 0. The van der Waals surface area contributed by atoms with Crippen LogP contribution in [0.3, 0.4) is 0 Å². The molecule has 0 aliphatic carbocycles. The Balaban J connectivity index is 1.62. The monoisotopic (exact) mass is 615 g/mol. The van der Waals surface area contributed by atoms with Crippen LogP contribution in [0, 0.1) is 11.6 Å². The van der Waals surface area contributed by atoms with E-state index < -0.39 is 53.5 Å². The van der Waals surface area contributed by atoms with Crippen LogP contribution in [0.2, 0.25) is 0 Å². The fourth-order valence-electron chi connectivity index (χ4n) is 4.60. The summed E-state index contributed by atoms with van der Waals surface area (Å²) in [5.41, 5.74) is -1.18. The number of nitrogens with zero attached hydrogens (tertiary/aromatic N) is 3. The molecule has 0 saturated carbocycles. The normalized spacial score (nSPS) is 12.9. The predicted octanol–water partition coefficient (Wildman–Crippen LogP) is 5.45. The lowest BCUT2D eigenvalue weighted by Crippen LogP contribution is -2.22. The third-order valence-electron chi connectivity index (χ3n) is 7.18. The first-order valence-corrected chi connectivity index (χ1v) is 13.3. The van der Waals surface area contributed by atoms with Gasteiger partial charge in [-0.25, -0.2) is 8.78 Å². The summed E-state index contributed by atoms with van der Waals surface area (Å²) in [6.07, 6.45) is -4.43. The second kappa shape index (κ2) is 11.8. The van der Waals surface area contributed by atoms with Gasteiger partial charge in [0.05, 0.1) is 28.7 Å². The van der Waals surface area contributed by atoms with Crippen molar-refractivity contribution in [3.63, 3.8) is 0 Å². The Labute approximate surface area is 247 Å². The van der Waals surface area contributed by atoms with Crippen LogP contribution < -0.4 is 10.2 Å². The van der Waals surface area contributed by atoms with Crippen molar-refractivity contribution in [1.82, 2.24) is 14.7 Å². The maximum absolute atomic E-state index is 15.1. The van der Waals surface area contributed by atoms with Crippen LogP contribution in [0.1, 0.15) is 36.4 Å². The minimum Gasteiger partial charge on any atom is -0.488 e. The van der Waals surface area contributed by atoms with Crippen molar-refractivity contribution < 1.29 is 41.4 Å². The minimum absolute atomic E-state index is 0.0436. The van der Waals surface area contributed by atoms with E-state index >= 15 is 4.39 Å². The third-order valence-corrected chi connectivity index (χ3v) is 7.18. The summed E-state index contributed by atoms with van der Waals surface area (Å²) in [5, 5.41) is 22.6. The molecule has 0 aliphatic rings. The molecule has 1 unspecified atom stereocenters. The number of aliphatic hydroxyl groups is 2. The smallest absolute Gasteiger partial charge is 0.416 e. The van der Waals surface area contributed by atoms with E-state index in [1.165, 1.54) is 41.1 Å². The SMILES string of the molecule is CC(C)(c1ccc(F)cc1)c1nc(-c2cn(Cc3ccc(C(F)(F)F)cc3)c3cc(OCC(O)CO)c(F)cc3c2=O)no1. The molecule has 0 saturated heterocycles. The maximum atomic E-state index is 15.1. The van der Waals surface area contributed by atoms with Gasteiger partial charge in [-0.05, 0) is 55.3 Å². The molecule has 8 nitrogen and oxygen atoms in total. The van der Waals surface area contributed by atoms with Gasteiger partial charge in [0, 0.05) is 24.2 Å². The van der Waals surface area contributed by atoms with Crippen molar-refractivity contribution in [2.75, 3.05) is 13.2 Å². The molecule has 1 atom stereocenters. The lowest BCUT2D eigenvalue weighted by atomic mass is 9.84. The number of hydrogen-bond acceptors (Lipinski definition) is 7. The van der Waals surface area contributed by atoms with Gasteiger partial charge in [-0.15, -0.1) is 0 Å². The van der Waals surface area contributed by atoms with Crippen LogP contribution in [-0.4, -0.2) is 44.2 Å². The molecular weight excluding hydrogens is 589 g/mol. The van der Waals surface area contributed by atoms with Crippen molar-refractivity contribution in [2.24, 2.45) is 0 Å². The van der Waals surface area contributed by atoms with E-state index in [0.717, 1.165) is 18.2 Å². The molecule has 5 rings (SSSR count). The van der Waals surface area contributed by atoms with Gasteiger partial charge in [-0.3, -0.25) is 4.79 Å². The lowest BCUT2D eigenvalue weighted by molar-refractivity contribution is -0.137. The molecule has 3 aromatic carbocycles. The third kappa shape index (κ3) is 6.19. The molecular formula is C31H26F5N3O5. The number of aliphatic hydroxyl groups excluding tert-OH is 2. The fraction of sp³-hybridized carbons (Fsp3) is 0.258. The number of hydrogen-bond donors (Lipinski definition) is 2. The summed E-state index contributed by atoms with van der Waals surface area (Å²) in [6.45, 7) is 2.44. The quantitative estimate of drug-likeness (QED) is 0.212. The first-order valence-electron chi connectivity index (χ1n) is 13.3. The molecule has 230 valence electrons. The summed E-state index contributed by atoms with van der Waals surface area (Å²) < 4.78 is 80.3. The molecule has 0 radical (unpaired) electrons. The zero-order valence-corrected chi connectivity index (χ0v) is 23.4. The summed E-state index contributed by atoms with van der Waals surface area (Å²) in [4.78, 5) is 18.1. The van der Waals surface area contributed by atoms with E-state index in [9.17, 15) is 27.5 Å². The number of aromatic nitrogens is 3. The van der Waals surface area contributed by atoms with Gasteiger partial charge in [-0.2, -0.15) is 18.2 Å². The van der Waals surface area contributed by atoms with Crippen LogP contribution in [0.5, 0.6) is 5.75 Å². The fourth-order valence-corrected chi connectivity index (χ4v) is 4.60. The van der Waals surface area contributed by atoms with Gasteiger partial charge in [-0.1, -0.05) is 29.4 Å². The Morgan fingerprint density at radius 1 is 1.00 bits per heavy atom. The number of benzene rings is 3. The largest absolute Gasteiger partial charge is 0.488 e. The first kappa shape index (κ1) is 30.8. The van der Waals surface area contributed by atoms with E-state index in [1.807, 2.05) is 0 Å². The van der Waals surface area contributed by atoms with Crippen molar-refractivity contribution >= 4 is 10.9 Å². The van der Waals surface area contributed by atoms with Gasteiger partial charge in [0.1, 0.15) is 18.5 Å². The second-order valence-corrected chi connectivity index (χ2v) is 10.7. The van der Waals surface area contributed by atoms with Crippen molar-refractivity contribution in [3.8, 4) is 17.1 Å². The topological polar surface area (TPSA) is 111 Å². The van der Waals surface area contributed by atoms with Gasteiger partial charge < -0.3 is 24.0 Å². The Kier molecular flexibility index (Phi) is 8.28. The molecule has 5 aromatic rings. The molecule has 0 bridgehead atoms. The van der Waals surface area contributed by atoms with Crippen LogP contribution in [0.15, 0.2) is 76.2 Å². The Bertz CT molecular complexity index is 1850. The van der Waals surface area contributed by atoms with E-state index in [0.29, 0.717) is 11.1 Å². The second-order valence-electron chi connectivity index (χ2n) is 10.7. The number of halogens is 5. The summed E-state index contributed by atoms with van der Waals surface area (Å²) in [7, 11) is 0. The molecule has 44 heavy (non-hydrogen) atoms. The molecule has 2 N–H and O–H groups in total. The summed E-state index contributed by atoms with van der Waals surface area (Å²) in [6, 6.07) is 12.3. The van der Waals surface area contributed by atoms with Gasteiger partial charge in [0.2, 0.25) is 17.1 Å². The molecule has 0 fully saturated rings. The summed E-state index contributed by atoms with van der Waals surface area (Å²) in [5.74, 6) is -1.67. The zero-order valence-electron chi connectivity index (χ0n) is 23.4. The average Bonchev–Trinajstić information content (AvgIpc) is 3.49. The Morgan fingerprint density at radius 3 is 2.30 bits per heavy atom. The molecule has 0 spiro atoms. The standard InChI is InChI=1S/C31H26F5N3O5/c1-30(2,18-7-9-20(32)10-8-18)29-37-28(38-44-29)23-14-39(13-17-3-5-19(6-4-17)31(34,35)36)25-12-26(43-16-21(41)15-40)24(33)11-22(25)27(23)42/h3-12,14,21,40-41H,13,15-16H2,1-2H3. The number of fused-ring (bicyclic) bond motifs is 1. The van der Waals surface area contributed by atoms with Gasteiger partial charge >= 0.3 is 6.18 Å². The number of pyridine rings is 1. The highest BCUT2D eigenvalue weighted by Gasteiger charge is 2.32. The Morgan fingerprint density at radius 2 is 1.66 bits per heavy atom. The predicted molar refractivity (Wildman–Crippen MR) is 149 cm³/mol. The van der Waals surface area contributed by atoms with E-state index in [4.69, 9.17) is 14.4 Å². The number of rotatable bonds is 9. The van der Waals surface area contributed by atoms with Gasteiger partial charge in [0.15, 0.2) is 11.6 Å². The number of ether oxygens (including phenoxy) is 1. The highest BCUT2D eigenvalue weighted by atomic mass is 19.4. The van der Waals surface area contributed by atoms with Crippen LogP contribution in [-0.2, 0) is 18.1 Å². The first-order chi connectivity index (χ1) is 20.8. The van der Waals surface area contributed by atoms with Crippen LogP contribution in [0.4, 0.5) is 22.0 Å². The van der Waals surface area contributed by atoms with Gasteiger partial charge in [0.25, 0.3) is 0 Å². The van der Waals surface area contributed by atoms with Crippen molar-refractivity contribution in [1.29, 1.82) is 0 Å². The van der Waals surface area contributed by atoms with E-state index in [2.05, 4.69) is 10.1 Å². The van der Waals surface area contributed by atoms with Crippen LogP contribution in [0.25, 0.3) is 22.3 Å².